The Morgan fingerprint density at radius 2 is 1.75 bits per heavy atom. The van der Waals surface area contributed by atoms with Crippen molar-refractivity contribution < 1.29 is 9.59 Å². The molecule has 2 atom stereocenters. The standard InChI is InChI=1S/C30H37N3O2S/c34-29(31-16-19-33-17-14-24(15-18-33)20-22-6-2-1-3-7-22)25-12-10-23(11-13-25)21-28-30(35)32-26-8-4-5-9-27(26)36-28/h1-3,6-7,10-13,21,24,26-27H,4-5,8-9,14-20H2,(H,31,34)(H,32,35)/b28-21+. The average molecular weight is 504 g/mol. The normalized spacial score (nSPS) is 24.2. The fourth-order valence-electron chi connectivity index (χ4n) is 5.63. The first-order valence-electron chi connectivity index (χ1n) is 13.5. The van der Waals surface area contributed by atoms with E-state index in [0.717, 1.165) is 48.9 Å². The maximum Gasteiger partial charge on any atom is 0.257 e. The summed E-state index contributed by atoms with van der Waals surface area (Å²) in [5, 5.41) is 6.75. The van der Waals surface area contributed by atoms with Gasteiger partial charge in [0.15, 0.2) is 0 Å². The van der Waals surface area contributed by atoms with Gasteiger partial charge in [-0.3, -0.25) is 9.59 Å². The Morgan fingerprint density at radius 3 is 2.53 bits per heavy atom. The monoisotopic (exact) mass is 503 g/mol. The van der Waals surface area contributed by atoms with Crippen LogP contribution in [0.2, 0.25) is 0 Å². The van der Waals surface area contributed by atoms with Crippen molar-refractivity contribution in [2.75, 3.05) is 26.2 Å². The van der Waals surface area contributed by atoms with E-state index in [0.29, 0.717) is 23.4 Å². The third-order valence-corrected chi connectivity index (χ3v) is 9.20. The van der Waals surface area contributed by atoms with Crippen molar-refractivity contribution >= 4 is 29.7 Å². The number of hydrogen-bond acceptors (Lipinski definition) is 4. The molecular formula is C30H37N3O2S. The highest BCUT2D eigenvalue weighted by Crippen LogP contribution is 2.37. The number of nitrogens with zero attached hydrogens (tertiary/aromatic N) is 1. The second-order valence-corrected chi connectivity index (χ2v) is 11.7. The molecule has 0 spiro atoms. The summed E-state index contributed by atoms with van der Waals surface area (Å²) in [4.78, 5) is 28.4. The summed E-state index contributed by atoms with van der Waals surface area (Å²) in [5.74, 6) is 0.756. The number of carbonyl (C=O) groups excluding carboxylic acids is 2. The highest BCUT2D eigenvalue weighted by atomic mass is 32.2. The van der Waals surface area contributed by atoms with Gasteiger partial charge in [0.2, 0.25) is 0 Å². The van der Waals surface area contributed by atoms with Crippen LogP contribution in [0.3, 0.4) is 0 Å². The highest BCUT2D eigenvalue weighted by Gasteiger charge is 2.34. The number of amides is 2. The van der Waals surface area contributed by atoms with Gasteiger partial charge >= 0.3 is 0 Å². The molecule has 3 aliphatic rings. The molecule has 2 N–H and O–H groups in total. The Kier molecular flexibility index (Phi) is 8.44. The van der Waals surface area contributed by atoms with Gasteiger partial charge in [-0.2, -0.15) is 0 Å². The smallest absolute Gasteiger partial charge is 0.257 e. The molecule has 0 radical (unpaired) electrons. The maximum absolute atomic E-state index is 12.6. The summed E-state index contributed by atoms with van der Waals surface area (Å²) >= 11 is 1.72. The lowest BCUT2D eigenvalue weighted by molar-refractivity contribution is -0.117. The largest absolute Gasteiger partial charge is 0.351 e. The third kappa shape index (κ3) is 6.60. The second kappa shape index (κ2) is 12.1. The van der Waals surface area contributed by atoms with Crippen molar-refractivity contribution in [1.29, 1.82) is 0 Å². The number of likely N-dealkylation sites (tertiary alicyclic amines) is 1. The first-order chi connectivity index (χ1) is 17.6. The van der Waals surface area contributed by atoms with Crippen molar-refractivity contribution in [3.05, 3.63) is 76.2 Å². The molecule has 2 saturated heterocycles. The van der Waals surface area contributed by atoms with E-state index in [2.05, 4.69) is 45.9 Å². The van der Waals surface area contributed by atoms with Crippen molar-refractivity contribution in [1.82, 2.24) is 15.5 Å². The molecule has 3 fully saturated rings. The van der Waals surface area contributed by atoms with Crippen molar-refractivity contribution in [2.24, 2.45) is 5.92 Å². The van der Waals surface area contributed by atoms with Crippen molar-refractivity contribution in [3.63, 3.8) is 0 Å². The van der Waals surface area contributed by atoms with Crippen LogP contribution in [0, 0.1) is 5.92 Å². The zero-order chi connectivity index (χ0) is 24.7. The van der Waals surface area contributed by atoms with Crippen LogP contribution in [0.4, 0.5) is 0 Å². The van der Waals surface area contributed by atoms with E-state index >= 15 is 0 Å². The Labute approximate surface area is 219 Å². The summed E-state index contributed by atoms with van der Waals surface area (Å²) in [7, 11) is 0. The molecular weight excluding hydrogens is 466 g/mol. The van der Waals surface area contributed by atoms with E-state index in [4.69, 9.17) is 0 Å². The van der Waals surface area contributed by atoms with Gasteiger partial charge in [-0.05, 0) is 80.4 Å². The summed E-state index contributed by atoms with van der Waals surface area (Å²) in [5.41, 5.74) is 3.05. The van der Waals surface area contributed by atoms with Gasteiger partial charge in [0.05, 0.1) is 4.91 Å². The molecule has 2 aromatic rings. The Bertz CT molecular complexity index is 1060. The van der Waals surface area contributed by atoms with Crippen LogP contribution in [-0.4, -0.2) is 54.2 Å². The zero-order valence-corrected chi connectivity index (χ0v) is 21.8. The predicted molar refractivity (Wildman–Crippen MR) is 148 cm³/mol. The van der Waals surface area contributed by atoms with Gasteiger partial charge in [0, 0.05) is 29.9 Å². The molecule has 1 aliphatic carbocycles. The summed E-state index contributed by atoms with van der Waals surface area (Å²) in [6, 6.07) is 18.7. The predicted octanol–water partition coefficient (Wildman–Crippen LogP) is 4.89. The quantitative estimate of drug-likeness (QED) is 0.529. The second-order valence-electron chi connectivity index (χ2n) is 10.4. The topological polar surface area (TPSA) is 61.4 Å². The van der Waals surface area contributed by atoms with E-state index in [1.807, 2.05) is 30.3 Å². The number of nitrogens with one attached hydrogen (secondary N) is 2. The molecule has 190 valence electrons. The minimum absolute atomic E-state index is 0.0362. The number of fused-ring (bicyclic) bond motifs is 1. The number of hydrogen-bond donors (Lipinski definition) is 2. The van der Waals surface area contributed by atoms with Crippen LogP contribution in [-0.2, 0) is 11.2 Å². The molecule has 2 aliphatic heterocycles. The SMILES string of the molecule is O=C1NC2CCCCC2S/C1=C/c1ccc(C(=O)NCCN2CCC(Cc3ccccc3)CC2)cc1. The highest BCUT2D eigenvalue weighted by molar-refractivity contribution is 8.04. The van der Waals surface area contributed by atoms with E-state index in [1.54, 1.807) is 11.8 Å². The molecule has 0 aromatic heterocycles. The Balaban J connectivity index is 1.05. The lowest BCUT2D eigenvalue weighted by Gasteiger charge is -2.36. The minimum Gasteiger partial charge on any atom is -0.351 e. The fourth-order valence-corrected chi connectivity index (χ4v) is 6.98. The molecule has 2 amide bonds. The van der Waals surface area contributed by atoms with Gasteiger partial charge in [0.25, 0.3) is 11.8 Å². The molecule has 0 bridgehead atoms. The molecule has 5 rings (SSSR count). The molecule has 36 heavy (non-hydrogen) atoms. The molecule has 6 heteroatoms. The van der Waals surface area contributed by atoms with Crippen LogP contribution in [0.25, 0.3) is 6.08 Å². The summed E-state index contributed by atoms with van der Waals surface area (Å²) in [6.07, 6.45) is 10.3. The molecule has 2 unspecified atom stereocenters. The number of rotatable bonds is 7. The van der Waals surface area contributed by atoms with E-state index in [1.165, 1.54) is 37.7 Å². The Morgan fingerprint density at radius 1 is 1.00 bits per heavy atom. The lowest BCUT2D eigenvalue weighted by atomic mass is 9.90. The molecule has 1 saturated carbocycles. The van der Waals surface area contributed by atoms with Crippen LogP contribution < -0.4 is 10.6 Å². The number of thioether (sulfide) groups is 1. The Hall–Kier alpha value is -2.57. The van der Waals surface area contributed by atoms with Crippen LogP contribution in [0.5, 0.6) is 0 Å². The molecule has 5 nitrogen and oxygen atoms in total. The third-order valence-electron chi connectivity index (χ3n) is 7.78. The van der Waals surface area contributed by atoms with Crippen molar-refractivity contribution in [3.8, 4) is 0 Å². The van der Waals surface area contributed by atoms with Crippen LogP contribution in [0.15, 0.2) is 59.5 Å². The summed E-state index contributed by atoms with van der Waals surface area (Å²) < 4.78 is 0. The van der Waals surface area contributed by atoms with E-state index in [9.17, 15) is 9.59 Å². The average Bonchev–Trinajstić information content (AvgIpc) is 2.91. The molecule has 2 heterocycles. The lowest BCUT2D eigenvalue weighted by Crippen LogP contribution is -2.48. The zero-order valence-electron chi connectivity index (χ0n) is 21.0. The van der Waals surface area contributed by atoms with Gasteiger partial charge < -0.3 is 15.5 Å². The maximum atomic E-state index is 12.6. The number of piperidine rings is 1. The first-order valence-corrected chi connectivity index (χ1v) is 14.4. The fraction of sp³-hybridized carbons (Fsp3) is 0.467. The first kappa shape index (κ1) is 25.1. The summed E-state index contributed by atoms with van der Waals surface area (Å²) in [6.45, 7) is 3.75. The van der Waals surface area contributed by atoms with Crippen molar-refractivity contribution in [2.45, 2.75) is 56.2 Å². The van der Waals surface area contributed by atoms with E-state index < -0.39 is 0 Å². The number of benzene rings is 2. The van der Waals surface area contributed by atoms with Crippen LogP contribution in [0.1, 0.15) is 60.0 Å². The van der Waals surface area contributed by atoms with Gasteiger partial charge in [-0.1, -0.05) is 55.3 Å². The van der Waals surface area contributed by atoms with Gasteiger partial charge in [0.1, 0.15) is 0 Å². The van der Waals surface area contributed by atoms with Gasteiger partial charge in [-0.25, -0.2) is 0 Å². The van der Waals surface area contributed by atoms with Gasteiger partial charge in [-0.15, -0.1) is 11.8 Å². The van der Waals surface area contributed by atoms with E-state index in [-0.39, 0.29) is 11.8 Å². The van der Waals surface area contributed by atoms with Crippen LogP contribution >= 0.6 is 11.8 Å². The molecule has 2 aromatic carbocycles. The number of carbonyl (C=O) groups is 2. The minimum atomic E-state index is -0.0389.